The van der Waals surface area contributed by atoms with Crippen molar-refractivity contribution in [2.45, 2.75) is 25.1 Å². The van der Waals surface area contributed by atoms with Gasteiger partial charge in [-0.2, -0.15) is 0 Å². The van der Waals surface area contributed by atoms with Crippen LogP contribution in [-0.4, -0.2) is 4.98 Å². The fourth-order valence-corrected chi connectivity index (χ4v) is 3.07. The van der Waals surface area contributed by atoms with Crippen LogP contribution in [-0.2, 0) is 6.42 Å². The molecule has 3 rings (SSSR count). The SMILES string of the molecule is Cc1ccc(CC(Br)c2ccc3[nH]c(=O)oc3c2)cc1C. The first-order chi connectivity index (χ1) is 10.0. The molecule has 1 unspecified atom stereocenters. The van der Waals surface area contributed by atoms with E-state index in [2.05, 4.69) is 53.0 Å². The second kappa shape index (κ2) is 5.53. The fourth-order valence-electron chi connectivity index (χ4n) is 2.41. The van der Waals surface area contributed by atoms with E-state index in [0.717, 1.165) is 17.5 Å². The minimum atomic E-state index is -0.414. The number of nitrogens with one attached hydrogen (secondary N) is 1. The van der Waals surface area contributed by atoms with E-state index < -0.39 is 5.76 Å². The molecule has 0 amide bonds. The Balaban J connectivity index is 1.87. The van der Waals surface area contributed by atoms with Gasteiger partial charge in [0, 0.05) is 4.83 Å². The van der Waals surface area contributed by atoms with Crippen LogP contribution >= 0.6 is 15.9 Å². The second-order valence-corrected chi connectivity index (χ2v) is 6.47. The van der Waals surface area contributed by atoms with Crippen molar-refractivity contribution in [3.05, 3.63) is 69.2 Å². The van der Waals surface area contributed by atoms with E-state index in [1.165, 1.54) is 16.7 Å². The Morgan fingerprint density at radius 1 is 1.14 bits per heavy atom. The minimum absolute atomic E-state index is 0.184. The summed E-state index contributed by atoms with van der Waals surface area (Å²) >= 11 is 3.73. The molecule has 1 heterocycles. The summed E-state index contributed by atoms with van der Waals surface area (Å²) in [7, 11) is 0. The highest BCUT2D eigenvalue weighted by Crippen LogP contribution is 2.29. The molecule has 1 aromatic heterocycles. The van der Waals surface area contributed by atoms with Crippen molar-refractivity contribution in [3.8, 4) is 0 Å². The lowest BCUT2D eigenvalue weighted by molar-refractivity contribution is 0.555. The largest absolute Gasteiger partial charge is 0.417 e. The lowest BCUT2D eigenvalue weighted by atomic mass is 10.0. The third-order valence-electron chi connectivity index (χ3n) is 3.79. The fraction of sp³-hybridized carbons (Fsp3) is 0.235. The molecular formula is C17H16BrNO2. The smallest absolute Gasteiger partial charge is 0.408 e. The number of aromatic amines is 1. The Kier molecular flexibility index (Phi) is 3.72. The summed E-state index contributed by atoms with van der Waals surface area (Å²) in [5.41, 5.74) is 6.33. The molecule has 0 aliphatic carbocycles. The van der Waals surface area contributed by atoms with E-state index in [9.17, 15) is 4.79 Å². The lowest BCUT2D eigenvalue weighted by Crippen LogP contribution is -1.96. The zero-order chi connectivity index (χ0) is 15.0. The Morgan fingerprint density at radius 2 is 1.95 bits per heavy atom. The molecule has 1 N–H and O–H groups in total. The standard InChI is InChI=1S/C17H16BrNO2/c1-10-3-4-12(7-11(10)2)8-14(18)13-5-6-15-16(9-13)21-17(20)19-15/h3-7,9,14H,8H2,1-2H3,(H,19,20). The zero-order valence-corrected chi connectivity index (χ0v) is 13.5. The summed E-state index contributed by atoms with van der Waals surface area (Å²) < 4.78 is 5.11. The molecule has 3 nitrogen and oxygen atoms in total. The number of benzene rings is 2. The normalized spacial score (nSPS) is 12.7. The van der Waals surface area contributed by atoms with Crippen LogP contribution < -0.4 is 5.76 Å². The Labute approximate surface area is 131 Å². The van der Waals surface area contributed by atoms with Crippen molar-refractivity contribution in [2.75, 3.05) is 0 Å². The predicted molar refractivity (Wildman–Crippen MR) is 88.1 cm³/mol. The Morgan fingerprint density at radius 3 is 2.71 bits per heavy atom. The van der Waals surface area contributed by atoms with Gasteiger partial charge in [0.1, 0.15) is 0 Å². The summed E-state index contributed by atoms with van der Waals surface area (Å²) in [6.45, 7) is 4.25. The summed E-state index contributed by atoms with van der Waals surface area (Å²) in [5.74, 6) is -0.414. The van der Waals surface area contributed by atoms with E-state index in [0.29, 0.717) is 5.58 Å². The van der Waals surface area contributed by atoms with Crippen LogP contribution in [0.5, 0.6) is 0 Å². The number of aromatic nitrogens is 1. The summed E-state index contributed by atoms with van der Waals surface area (Å²) in [6.07, 6.45) is 0.890. The quantitative estimate of drug-likeness (QED) is 0.714. The number of hydrogen-bond acceptors (Lipinski definition) is 2. The summed E-state index contributed by atoms with van der Waals surface area (Å²) in [6, 6.07) is 12.3. The van der Waals surface area contributed by atoms with Crippen molar-refractivity contribution >= 4 is 27.0 Å². The van der Waals surface area contributed by atoms with Crippen molar-refractivity contribution in [1.29, 1.82) is 0 Å². The molecule has 0 radical (unpaired) electrons. The highest BCUT2D eigenvalue weighted by Gasteiger charge is 2.11. The molecule has 0 aliphatic rings. The van der Waals surface area contributed by atoms with Gasteiger partial charge in [0.05, 0.1) is 5.52 Å². The molecule has 0 saturated carbocycles. The number of halogens is 1. The van der Waals surface area contributed by atoms with Crippen LogP contribution in [0.1, 0.15) is 27.1 Å². The first-order valence-electron chi connectivity index (χ1n) is 6.86. The molecule has 3 aromatic rings. The van der Waals surface area contributed by atoms with Gasteiger partial charge in [-0.1, -0.05) is 40.2 Å². The number of alkyl halides is 1. The summed E-state index contributed by atoms with van der Waals surface area (Å²) in [5, 5.41) is 0. The van der Waals surface area contributed by atoms with Crippen LogP contribution in [0.25, 0.3) is 11.1 Å². The first kappa shape index (κ1) is 14.1. The highest BCUT2D eigenvalue weighted by molar-refractivity contribution is 9.09. The topological polar surface area (TPSA) is 46.0 Å². The molecular weight excluding hydrogens is 330 g/mol. The minimum Gasteiger partial charge on any atom is -0.408 e. The van der Waals surface area contributed by atoms with Gasteiger partial charge in [-0.25, -0.2) is 4.79 Å². The number of H-pyrrole nitrogens is 1. The van der Waals surface area contributed by atoms with E-state index >= 15 is 0 Å². The first-order valence-corrected chi connectivity index (χ1v) is 7.77. The highest BCUT2D eigenvalue weighted by atomic mass is 79.9. The number of aryl methyl sites for hydroxylation is 2. The number of fused-ring (bicyclic) bond motifs is 1. The van der Waals surface area contributed by atoms with Crippen molar-refractivity contribution in [3.63, 3.8) is 0 Å². The molecule has 0 bridgehead atoms. The third kappa shape index (κ3) is 2.95. The van der Waals surface area contributed by atoms with Crippen LogP contribution in [0.3, 0.4) is 0 Å². The second-order valence-electron chi connectivity index (χ2n) is 5.36. The molecule has 108 valence electrons. The number of oxazole rings is 1. The van der Waals surface area contributed by atoms with Crippen molar-refractivity contribution in [2.24, 2.45) is 0 Å². The van der Waals surface area contributed by atoms with Gasteiger partial charge in [0.2, 0.25) is 0 Å². The molecule has 0 saturated heterocycles. The van der Waals surface area contributed by atoms with Crippen LogP contribution in [0, 0.1) is 13.8 Å². The van der Waals surface area contributed by atoms with Crippen LogP contribution in [0.15, 0.2) is 45.6 Å². The Bertz CT molecular complexity index is 847. The van der Waals surface area contributed by atoms with Gasteiger partial charge in [0.15, 0.2) is 5.58 Å². The maximum absolute atomic E-state index is 11.2. The van der Waals surface area contributed by atoms with Crippen LogP contribution in [0.2, 0.25) is 0 Å². The monoisotopic (exact) mass is 345 g/mol. The molecule has 0 spiro atoms. The summed E-state index contributed by atoms with van der Waals surface area (Å²) in [4.78, 5) is 14.0. The number of hydrogen-bond donors (Lipinski definition) is 1. The van der Waals surface area contributed by atoms with Crippen LogP contribution in [0.4, 0.5) is 0 Å². The lowest BCUT2D eigenvalue weighted by Gasteiger charge is -2.11. The average molecular weight is 346 g/mol. The van der Waals surface area contributed by atoms with Gasteiger partial charge in [-0.3, -0.25) is 4.98 Å². The van der Waals surface area contributed by atoms with E-state index in [1.807, 2.05) is 18.2 Å². The molecule has 4 heteroatoms. The van der Waals surface area contributed by atoms with Gasteiger partial charge in [-0.15, -0.1) is 0 Å². The zero-order valence-electron chi connectivity index (χ0n) is 11.9. The van der Waals surface area contributed by atoms with Gasteiger partial charge in [0.25, 0.3) is 0 Å². The maximum atomic E-state index is 11.2. The number of rotatable bonds is 3. The maximum Gasteiger partial charge on any atom is 0.417 e. The van der Waals surface area contributed by atoms with Gasteiger partial charge >= 0.3 is 5.76 Å². The molecule has 0 aliphatic heterocycles. The predicted octanol–water partition coefficient (Wildman–Crippen LogP) is 4.42. The van der Waals surface area contributed by atoms with E-state index in [1.54, 1.807) is 0 Å². The Hall–Kier alpha value is -1.81. The third-order valence-corrected chi connectivity index (χ3v) is 4.65. The van der Waals surface area contributed by atoms with Gasteiger partial charge in [-0.05, 0) is 54.7 Å². The average Bonchev–Trinajstić information content (AvgIpc) is 2.82. The molecule has 1 atom stereocenters. The molecule has 2 aromatic carbocycles. The molecule has 21 heavy (non-hydrogen) atoms. The van der Waals surface area contributed by atoms with Crippen molar-refractivity contribution in [1.82, 2.24) is 4.98 Å². The molecule has 0 fully saturated rings. The van der Waals surface area contributed by atoms with Crippen molar-refractivity contribution < 1.29 is 4.42 Å². The van der Waals surface area contributed by atoms with Gasteiger partial charge < -0.3 is 4.42 Å². The van der Waals surface area contributed by atoms with E-state index in [-0.39, 0.29) is 4.83 Å². The van der Waals surface area contributed by atoms with E-state index in [4.69, 9.17) is 4.42 Å².